The number of rotatable bonds is 5. The molecule has 2 N–H and O–H groups in total. The van der Waals surface area contributed by atoms with E-state index in [1.165, 1.54) is 15.8 Å². The zero-order valence-electron chi connectivity index (χ0n) is 14.5. The Balaban J connectivity index is 1.59. The highest BCUT2D eigenvalue weighted by Gasteiger charge is 2.25. The second kappa shape index (κ2) is 7.48. The monoisotopic (exact) mass is 341 g/mol. The molecule has 7 heteroatoms. The Morgan fingerprint density at radius 2 is 2.04 bits per heavy atom. The quantitative estimate of drug-likeness (QED) is 0.851. The van der Waals surface area contributed by atoms with Crippen molar-refractivity contribution >= 4 is 17.5 Å². The van der Waals surface area contributed by atoms with Crippen LogP contribution in [0.15, 0.2) is 36.7 Å². The second-order valence-electron chi connectivity index (χ2n) is 6.25. The predicted octanol–water partition coefficient (Wildman–Crippen LogP) is 1.01. The summed E-state index contributed by atoms with van der Waals surface area (Å²) in [6.45, 7) is 3.69. The predicted molar refractivity (Wildman–Crippen MR) is 94.9 cm³/mol. The van der Waals surface area contributed by atoms with Crippen molar-refractivity contribution in [3.05, 3.63) is 47.8 Å². The number of nitrogens with zero attached hydrogens (tertiary/aromatic N) is 3. The van der Waals surface area contributed by atoms with Crippen molar-refractivity contribution in [2.45, 2.75) is 32.5 Å². The van der Waals surface area contributed by atoms with Crippen molar-refractivity contribution in [1.29, 1.82) is 0 Å². The lowest BCUT2D eigenvalue weighted by Crippen LogP contribution is -2.44. The lowest BCUT2D eigenvalue weighted by Gasteiger charge is -2.32. The minimum atomic E-state index is -0.240. The molecule has 132 valence electrons. The number of fused-ring (bicyclic) bond motifs is 1. The van der Waals surface area contributed by atoms with Gasteiger partial charge in [0, 0.05) is 26.3 Å². The van der Waals surface area contributed by atoms with Crippen LogP contribution >= 0.6 is 0 Å². The van der Waals surface area contributed by atoms with Gasteiger partial charge in [-0.15, -0.1) is 0 Å². The average molecular weight is 341 g/mol. The summed E-state index contributed by atoms with van der Waals surface area (Å²) in [5.74, 6) is -0.208. The van der Waals surface area contributed by atoms with Gasteiger partial charge in [0.2, 0.25) is 11.8 Å². The number of carbonyl (C=O) groups is 2. The van der Waals surface area contributed by atoms with Crippen LogP contribution in [0, 0.1) is 0 Å². The molecule has 1 unspecified atom stereocenters. The first-order valence-corrected chi connectivity index (χ1v) is 8.41. The number of hydrogen-bond acceptors (Lipinski definition) is 4. The lowest BCUT2D eigenvalue weighted by atomic mass is 9.99. The maximum absolute atomic E-state index is 12.5. The minimum Gasteiger partial charge on any atom is -0.358 e. The summed E-state index contributed by atoms with van der Waals surface area (Å²) in [5.41, 5.74) is 3.24. The molecule has 2 aromatic rings. The van der Waals surface area contributed by atoms with Crippen LogP contribution < -0.4 is 10.6 Å². The zero-order chi connectivity index (χ0) is 17.8. The van der Waals surface area contributed by atoms with Crippen LogP contribution in [0.25, 0.3) is 0 Å². The van der Waals surface area contributed by atoms with E-state index in [0.29, 0.717) is 5.69 Å². The minimum absolute atomic E-state index is 0.0705. The van der Waals surface area contributed by atoms with Gasteiger partial charge in [0.05, 0.1) is 17.9 Å². The van der Waals surface area contributed by atoms with E-state index in [0.717, 1.165) is 19.5 Å². The fourth-order valence-corrected chi connectivity index (χ4v) is 3.00. The van der Waals surface area contributed by atoms with Gasteiger partial charge < -0.3 is 10.6 Å². The van der Waals surface area contributed by atoms with Crippen molar-refractivity contribution in [3.63, 3.8) is 0 Å². The summed E-state index contributed by atoms with van der Waals surface area (Å²) in [7, 11) is 1.58. The van der Waals surface area contributed by atoms with E-state index in [-0.39, 0.29) is 24.4 Å². The molecule has 2 amide bonds. The molecular weight excluding hydrogens is 318 g/mol. The number of anilines is 1. The van der Waals surface area contributed by atoms with Gasteiger partial charge >= 0.3 is 0 Å². The Morgan fingerprint density at radius 1 is 1.28 bits per heavy atom. The van der Waals surface area contributed by atoms with Gasteiger partial charge in [-0.2, -0.15) is 5.10 Å². The Bertz CT molecular complexity index is 770. The summed E-state index contributed by atoms with van der Waals surface area (Å²) in [5, 5.41) is 9.50. The van der Waals surface area contributed by atoms with Gasteiger partial charge in [0.15, 0.2) is 0 Å². The van der Waals surface area contributed by atoms with Crippen LogP contribution in [0.4, 0.5) is 5.69 Å². The highest BCUT2D eigenvalue weighted by molar-refractivity contribution is 5.94. The zero-order valence-corrected chi connectivity index (χ0v) is 14.5. The molecule has 1 aliphatic heterocycles. The topological polar surface area (TPSA) is 79.3 Å². The molecule has 0 spiro atoms. The van der Waals surface area contributed by atoms with Gasteiger partial charge in [-0.05, 0) is 24.5 Å². The molecular formula is C18H23N5O2. The highest BCUT2D eigenvalue weighted by Crippen LogP contribution is 2.20. The van der Waals surface area contributed by atoms with Gasteiger partial charge in [-0.25, -0.2) is 0 Å². The van der Waals surface area contributed by atoms with Crippen LogP contribution in [0.3, 0.4) is 0 Å². The largest absolute Gasteiger partial charge is 0.358 e. The van der Waals surface area contributed by atoms with E-state index in [4.69, 9.17) is 0 Å². The Hall–Kier alpha value is -2.67. The average Bonchev–Trinajstić information content (AvgIpc) is 3.07. The number of likely N-dealkylation sites (N-methyl/N-ethyl adjacent to an activating group) is 1. The Labute approximate surface area is 147 Å². The summed E-state index contributed by atoms with van der Waals surface area (Å²) in [6.07, 6.45) is 4.17. The third-order valence-electron chi connectivity index (χ3n) is 4.57. The van der Waals surface area contributed by atoms with Crippen molar-refractivity contribution in [3.8, 4) is 0 Å². The van der Waals surface area contributed by atoms with E-state index in [2.05, 4.69) is 38.8 Å². The fraction of sp³-hybridized carbons (Fsp3) is 0.389. The van der Waals surface area contributed by atoms with E-state index >= 15 is 0 Å². The molecule has 0 radical (unpaired) electrons. The first-order valence-electron chi connectivity index (χ1n) is 8.41. The van der Waals surface area contributed by atoms with Crippen molar-refractivity contribution in [2.75, 3.05) is 18.9 Å². The Kier molecular flexibility index (Phi) is 5.14. The number of benzene rings is 1. The van der Waals surface area contributed by atoms with E-state index in [1.54, 1.807) is 19.4 Å². The number of amides is 2. The maximum Gasteiger partial charge on any atom is 0.241 e. The van der Waals surface area contributed by atoms with Crippen molar-refractivity contribution in [2.24, 2.45) is 0 Å². The van der Waals surface area contributed by atoms with Crippen molar-refractivity contribution in [1.82, 2.24) is 20.0 Å². The molecule has 1 aliphatic rings. The SMILES string of the molecule is CNC(=O)Cn1cc(NC(=O)C(C)N2CCc3ccccc3C2)cn1. The van der Waals surface area contributed by atoms with Crippen molar-refractivity contribution < 1.29 is 9.59 Å². The van der Waals surface area contributed by atoms with Crippen LogP contribution in [-0.2, 0) is 29.1 Å². The maximum atomic E-state index is 12.5. The van der Waals surface area contributed by atoms with E-state index in [1.807, 2.05) is 13.0 Å². The molecule has 0 fully saturated rings. The highest BCUT2D eigenvalue weighted by atomic mass is 16.2. The molecule has 0 saturated carbocycles. The first kappa shape index (κ1) is 17.2. The van der Waals surface area contributed by atoms with Crippen LogP contribution in [0.2, 0.25) is 0 Å². The van der Waals surface area contributed by atoms with Crippen LogP contribution in [0.1, 0.15) is 18.1 Å². The molecule has 2 heterocycles. The molecule has 3 rings (SSSR count). The first-order chi connectivity index (χ1) is 12.1. The number of nitrogens with one attached hydrogen (secondary N) is 2. The second-order valence-corrected chi connectivity index (χ2v) is 6.25. The molecule has 1 aromatic carbocycles. The summed E-state index contributed by atoms with van der Waals surface area (Å²) < 4.78 is 1.50. The van der Waals surface area contributed by atoms with Gasteiger partial charge in [-0.3, -0.25) is 19.2 Å². The molecule has 1 aromatic heterocycles. The number of hydrogen-bond donors (Lipinski definition) is 2. The standard InChI is InChI=1S/C18H23N5O2/c1-13(22-8-7-14-5-3-4-6-15(14)10-22)18(25)21-16-9-20-23(11-16)12-17(24)19-2/h3-6,9,11,13H,7-8,10,12H2,1-2H3,(H,19,24)(H,21,25). The van der Waals surface area contributed by atoms with Gasteiger partial charge in [0.25, 0.3) is 0 Å². The Morgan fingerprint density at radius 3 is 2.80 bits per heavy atom. The third kappa shape index (κ3) is 4.06. The molecule has 0 aliphatic carbocycles. The molecule has 25 heavy (non-hydrogen) atoms. The van der Waals surface area contributed by atoms with E-state index in [9.17, 15) is 9.59 Å². The molecule has 0 saturated heterocycles. The molecule has 7 nitrogen and oxygen atoms in total. The van der Waals surface area contributed by atoms with Crippen LogP contribution in [-0.4, -0.2) is 46.1 Å². The number of carbonyl (C=O) groups excluding carboxylic acids is 2. The fourth-order valence-electron chi connectivity index (χ4n) is 3.00. The number of aromatic nitrogens is 2. The lowest BCUT2D eigenvalue weighted by molar-refractivity contribution is -0.121. The summed E-state index contributed by atoms with van der Waals surface area (Å²) in [6, 6.07) is 8.12. The summed E-state index contributed by atoms with van der Waals surface area (Å²) >= 11 is 0. The summed E-state index contributed by atoms with van der Waals surface area (Å²) in [4.78, 5) is 26.1. The van der Waals surface area contributed by atoms with Gasteiger partial charge in [-0.1, -0.05) is 24.3 Å². The molecule has 1 atom stereocenters. The smallest absolute Gasteiger partial charge is 0.241 e. The third-order valence-corrected chi connectivity index (χ3v) is 4.57. The molecule has 0 bridgehead atoms. The van der Waals surface area contributed by atoms with E-state index < -0.39 is 0 Å². The normalized spacial score (nSPS) is 15.3. The van der Waals surface area contributed by atoms with Crippen LogP contribution in [0.5, 0.6) is 0 Å². The van der Waals surface area contributed by atoms with Gasteiger partial charge in [0.1, 0.15) is 6.54 Å².